The predicted octanol–water partition coefficient (Wildman–Crippen LogP) is -0.834. The minimum atomic E-state index is -1.86. The van der Waals surface area contributed by atoms with Gasteiger partial charge in [0.1, 0.15) is 66.7 Å². The van der Waals surface area contributed by atoms with Gasteiger partial charge in [0.25, 0.3) is 0 Å². The van der Waals surface area contributed by atoms with Gasteiger partial charge in [0.15, 0.2) is 17.5 Å². The minimum Gasteiger partial charge on any atom is -0.508 e. The first kappa shape index (κ1) is 86.1. The van der Waals surface area contributed by atoms with E-state index in [0.717, 1.165) is 0 Å². The maximum absolute atomic E-state index is 15.2. The molecule has 2 fully saturated rings. The summed E-state index contributed by atoms with van der Waals surface area (Å²) in [4.78, 5) is 218. The fraction of sp³-hybridized carbons (Fsp3) is 0.430. The van der Waals surface area contributed by atoms with Gasteiger partial charge in [-0.1, -0.05) is 74.5 Å². The molecule has 3 aliphatic rings. The third-order valence-electron chi connectivity index (χ3n) is 19.7. The van der Waals surface area contributed by atoms with Crippen LogP contribution >= 0.6 is 0 Å². The molecular formula is C79H98N18O18. The van der Waals surface area contributed by atoms with Crippen molar-refractivity contribution in [3.63, 3.8) is 0 Å². The molecule has 36 nitrogen and oxygen atoms in total. The van der Waals surface area contributed by atoms with E-state index < -0.39 is 138 Å². The lowest BCUT2D eigenvalue weighted by atomic mass is 9.83. The maximum Gasteiger partial charge on any atom is 0.306 e. The zero-order chi connectivity index (χ0) is 82.8. The Morgan fingerprint density at radius 3 is 1.88 bits per heavy atom. The van der Waals surface area contributed by atoms with Gasteiger partial charge in [-0.2, -0.15) is 0 Å². The number of phenols is 1. The number of fused-ring (bicyclic) bond motifs is 3. The molecule has 2 saturated heterocycles. The van der Waals surface area contributed by atoms with E-state index in [1.54, 1.807) is 74.6 Å². The Bertz CT molecular complexity index is 4570. The number of ether oxygens (including phenoxy) is 1. The Morgan fingerprint density at radius 2 is 1.21 bits per heavy atom. The highest BCUT2D eigenvalue weighted by molar-refractivity contribution is 6.28. The summed E-state index contributed by atoms with van der Waals surface area (Å²) < 4.78 is 5.45. The number of aliphatic hydroxyl groups is 1. The molecule has 6 aromatic rings. The monoisotopic (exact) mass is 1590 g/mol. The van der Waals surface area contributed by atoms with Crippen LogP contribution in [0.25, 0.3) is 10.9 Å². The first-order valence-corrected chi connectivity index (χ1v) is 38.1. The molecule has 0 saturated carbocycles. The average molecular weight is 1590 g/mol. The van der Waals surface area contributed by atoms with Crippen molar-refractivity contribution in [2.24, 2.45) is 17.4 Å². The quantitative estimate of drug-likeness (QED) is 0.00960. The standard InChI is InChI=1S/C79H98N18O18/c1-43(2)32-58(72(108)91-57(17-10-30-85-79(81)82)78(114)97-31-11-18-63(97)77(113)87-39-64(80)100)92-70(106)55(16-7-8-29-84-65(101)19-9-20-67(103)115-41-45-23-26-52-53(33-45)69(105)51-14-4-3-13-50(51)68(52)104)90-73(109)59(34-44-21-24-48(99)25-22-44)93-76(112)62(40-98)96-74(110)60(35-46-37-86-54-15-6-5-12-49(46)54)94-75(111)61(36-47-38-83-42-88-47)95-71(107)56-27-28-66(102)89-56/h3-6,12-15,21-26,33,37-38,42-43,55-63,86,98-99H,7-11,16-20,27-32,34-36,39-41H2,1-2H3,(H2,80,100)(H,83,88)(H,84,101)(H,87,113)(H,89,102)(H,90,109)(H,91,108)(H,92,106)(H,93,112)(H,94,111)(H,95,107)(H,96,110)(H4,81,82,85). The third kappa shape index (κ3) is 24.8. The molecule has 20 N–H and O–H groups in total. The van der Waals surface area contributed by atoms with Gasteiger partial charge < -0.3 is 99.8 Å². The summed E-state index contributed by atoms with van der Waals surface area (Å²) in [7, 11) is 0. The zero-order valence-electron chi connectivity index (χ0n) is 63.7. The van der Waals surface area contributed by atoms with Crippen molar-refractivity contribution < 1.29 is 86.9 Å². The first-order chi connectivity index (χ1) is 55.1. The molecule has 2 aliphatic heterocycles. The molecule has 4 heterocycles. The van der Waals surface area contributed by atoms with Gasteiger partial charge in [-0.3, -0.25) is 77.3 Å². The second-order valence-corrected chi connectivity index (χ2v) is 28.9. The second kappa shape index (κ2) is 41.6. The molecule has 9 unspecified atom stereocenters. The highest BCUT2D eigenvalue weighted by atomic mass is 16.5. The normalized spacial score (nSPS) is 16.0. The number of amides is 12. The molecule has 4 aromatic carbocycles. The lowest BCUT2D eigenvalue weighted by Crippen LogP contribution is -2.61. The van der Waals surface area contributed by atoms with Crippen molar-refractivity contribution in [3.05, 3.63) is 154 Å². The Morgan fingerprint density at radius 1 is 0.609 bits per heavy atom. The van der Waals surface area contributed by atoms with E-state index in [-0.39, 0.29) is 174 Å². The number of ketones is 2. The summed E-state index contributed by atoms with van der Waals surface area (Å²) in [5.41, 5.74) is 14.3. The number of nitrogens with two attached hydrogens (primary N) is 2. The number of esters is 1. The van der Waals surface area contributed by atoms with E-state index in [9.17, 15) is 72.5 Å². The van der Waals surface area contributed by atoms with Gasteiger partial charge in [-0.05, 0) is 117 Å². The van der Waals surface area contributed by atoms with Crippen LogP contribution in [0.15, 0.2) is 110 Å². The minimum absolute atomic E-state index is 0.0275. The molecule has 9 rings (SSSR count). The van der Waals surface area contributed by atoms with Crippen LogP contribution in [-0.2, 0) is 92.9 Å². The molecule has 2 aromatic heterocycles. The largest absolute Gasteiger partial charge is 0.508 e. The van der Waals surface area contributed by atoms with Crippen molar-refractivity contribution in [3.8, 4) is 5.75 Å². The smallest absolute Gasteiger partial charge is 0.306 e. The van der Waals surface area contributed by atoms with Crippen molar-refractivity contribution in [2.75, 3.05) is 32.8 Å². The van der Waals surface area contributed by atoms with Crippen LogP contribution in [-0.4, -0.2) is 212 Å². The molecule has 612 valence electrons. The average Bonchev–Trinajstić information content (AvgIpc) is 1.49. The maximum atomic E-state index is 15.2. The summed E-state index contributed by atoms with van der Waals surface area (Å²) >= 11 is 0. The third-order valence-corrected chi connectivity index (χ3v) is 19.7. The van der Waals surface area contributed by atoms with Crippen LogP contribution in [0.3, 0.4) is 0 Å². The van der Waals surface area contributed by atoms with Crippen molar-refractivity contribution >= 4 is 105 Å². The van der Waals surface area contributed by atoms with Crippen LogP contribution in [0.1, 0.15) is 152 Å². The molecule has 0 radical (unpaired) electrons. The van der Waals surface area contributed by atoms with Gasteiger partial charge in [0.2, 0.25) is 70.9 Å². The van der Waals surface area contributed by atoms with Gasteiger partial charge in [0, 0.05) is 109 Å². The van der Waals surface area contributed by atoms with Crippen molar-refractivity contribution in [1.82, 2.24) is 78.3 Å². The Hall–Kier alpha value is -12.9. The van der Waals surface area contributed by atoms with E-state index in [0.29, 0.717) is 45.3 Å². The predicted molar refractivity (Wildman–Crippen MR) is 414 cm³/mol. The number of hydrogen-bond acceptors (Lipinski definition) is 20. The Balaban J connectivity index is 0.913. The number of unbranched alkanes of at least 4 members (excludes halogenated alkanes) is 1. The van der Waals surface area contributed by atoms with E-state index >= 15 is 9.59 Å². The Kier molecular flexibility index (Phi) is 31.1. The van der Waals surface area contributed by atoms with E-state index in [1.807, 2.05) is 0 Å². The molecule has 36 heteroatoms. The summed E-state index contributed by atoms with van der Waals surface area (Å²) in [6, 6.07) is 11.0. The first-order valence-electron chi connectivity index (χ1n) is 38.1. The van der Waals surface area contributed by atoms with Gasteiger partial charge in [0.05, 0.1) is 19.5 Å². The van der Waals surface area contributed by atoms with Gasteiger partial charge in [-0.25, -0.2) is 4.98 Å². The topological polar surface area (TPSA) is 562 Å². The highest BCUT2D eigenvalue weighted by Gasteiger charge is 2.41. The number of benzene rings is 4. The summed E-state index contributed by atoms with van der Waals surface area (Å²) in [6.45, 7) is 1.95. The summed E-state index contributed by atoms with van der Waals surface area (Å²) in [5.74, 6) is -11.5. The number of carbonyl (C=O) groups excluding carboxylic acids is 15. The van der Waals surface area contributed by atoms with E-state index in [1.165, 1.54) is 53.8 Å². The van der Waals surface area contributed by atoms with Crippen LogP contribution in [0, 0.1) is 11.3 Å². The fourth-order valence-corrected chi connectivity index (χ4v) is 13.8. The Labute approximate surface area is 661 Å². The number of nitrogens with one attached hydrogen (secondary N) is 14. The molecule has 115 heavy (non-hydrogen) atoms. The molecule has 0 spiro atoms. The van der Waals surface area contributed by atoms with Crippen LogP contribution in [0.5, 0.6) is 5.75 Å². The van der Waals surface area contributed by atoms with Crippen molar-refractivity contribution in [2.45, 2.75) is 178 Å². The number of carbonyl (C=O) groups is 15. The molecule has 9 atom stereocenters. The number of hydrogen-bond donors (Lipinski definition) is 18. The molecular weight excluding hydrogens is 1490 g/mol. The van der Waals surface area contributed by atoms with Crippen LogP contribution in [0.4, 0.5) is 0 Å². The van der Waals surface area contributed by atoms with Crippen LogP contribution in [0.2, 0.25) is 0 Å². The SMILES string of the molecule is CC(C)CC(NC(=O)C(CCCCNC(=O)CCCC(=O)OCc1ccc2c(c1)C(=O)c1ccccc1C2=O)NC(=O)C(Cc1ccc(O)cc1)NC(=O)C(CO)NC(=O)C(Cc1c[nH]c2ccccc12)NC(=O)C(Cc1cnc[nH]1)NC(=O)C1CCC(=O)N1)C(=O)NC(CCCNC(=N)N)C(=O)N1CCCC1C(=O)NCC(N)=O. The summed E-state index contributed by atoms with van der Waals surface area (Å²) in [6.07, 6.45) is 4.47. The lowest BCUT2D eigenvalue weighted by molar-refractivity contribution is -0.145. The number of likely N-dealkylation sites (tertiary alicyclic amines) is 1. The molecule has 0 bridgehead atoms. The molecule has 1 aliphatic carbocycles. The number of H-pyrrole nitrogens is 2. The second-order valence-electron chi connectivity index (χ2n) is 28.9. The number of aliphatic hydroxyl groups excluding tert-OH is 1. The number of nitrogens with zero attached hydrogens (tertiary/aromatic N) is 2. The highest BCUT2D eigenvalue weighted by Crippen LogP contribution is 2.29. The fourth-order valence-electron chi connectivity index (χ4n) is 13.8. The van der Waals surface area contributed by atoms with Crippen LogP contribution < -0.4 is 70.0 Å². The number of aromatic amines is 2. The van der Waals surface area contributed by atoms with E-state index in [4.69, 9.17) is 21.6 Å². The number of aromatic hydroxyl groups is 1. The number of imidazole rings is 1. The van der Waals surface area contributed by atoms with Gasteiger partial charge in [-0.15, -0.1) is 0 Å². The summed E-state index contributed by atoms with van der Waals surface area (Å²) in [5, 5.41) is 58.7. The number of para-hydroxylation sites is 1. The number of primary amides is 1. The van der Waals surface area contributed by atoms with E-state index in [2.05, 4.69) is 73.4 Å². The number of aromatic nitrogens is 3. The number of rotatable bonds is 42. The zero-order valence-corrected chi connectivity index (χ0v) is 63.7. The number of guanidine groups is 1. The molecule has 12 amide bonds. The van der Waals surface area contributed by atoms with Crippen molar-refractivity contribution in [1.29, 1.82) is 5.41 Å². The van der Waals surface area contributed by atoms with Gasteiger partial charge >= 0.3 is 5.97 Å². The lowest BCUT2D eigenvalue weighted by Gasteiger charge is -2.31. The number of phenolic OH excluding ortho intramolecular Hbond substituents is 1.